The second kappa shape index (κ2) is 7.91. The van der Waals surface area contributed by atoms with Gasteiger partial charge in [0, 0.05) is 17.7 Å². The zero-order valence-electron chi connectivity index (χ0n) is 10.6. The monoisotopic (exact) mass is 293 g/mol. The van der Waals surface area contributed by atoms with Gasteiger partial charge >= 0.3 is 5.97 Å². The Hall–Kier alpha value is -2.40. The SMILES string of the molecule is CCOC(=O)CS/N=C(\C#N)c1ccc([N+](=O)[O-])cc1. The second-order valence-electron chi connectivity index (χ2n) is 3.43. The molecule has 0 spiro atoms. The van der Waals surface area contributed by atoms with Crippen molar-refractivity contribution in [3.8, 4) is 6.07 Å². The smallest absolute Gasteiger partial charge is 0.317 e. The minimum absolute atomic E-state index is 0.00595. The van der Waals surface area contributed by atoms with Crippen LogP contribution in [0.4, 0.5) is 5.69 Å². The first-order chi connectivity index (χ1) is 9.58. The van der Waals surface area contributed by atoms with Crippen molar-refractivity contribution < 1.29 is 14.5 Å². The summed E-state index contributed by atoms with van der Waals surface area (Å²) in [5.74, 6) is -0.409. The standard InChI is InChI=1S/C12H11N3O4S/c1-2-19-12(16)8-20-14-11(7-13)9-3-5-10(6-4-9)15(17)18/h3-6H,2,8H2,1H3/b14-11+. The van der Waals surface area contributed by atoms with Crippen molar-refractivity contribution in [1.29, 1.82) is 5.26 Å². The van der Waals surface area contributed by atoms with E-state index in [0.717, 1.165) is 11.9 Å². The Bertz CT molecular complexity index is 563. The molecule has 0 N–H and O–H groups in total. The number of nitriles is 1. The molecule has 0 saturated heterocycles. The number of ether oxygens (including phenoxy) is 1. The highest BCUT2D eigenvalue weighted by molar-refractivity contribution is 7.98. The summed E-state index contributed by atoms with van der Waals surface area (Å²) in [6.07, 6.45) is 0. The van der Waals surface area contributed by atoms with Crippen LogP contribution >= 0.6 is 11.9 Å². The third-order valence-corrected chi connectivity index (χ3v) is 2.78. The van der Waals surface area contributed by atoms with Crippen LogP contribution in [-0.4, -0.2) is 29.0 Å². The predicted molar refractivity (Wildman–Crippen MR) is 74.3 cm³/mol. The van der Waals surface area contributed by atoms with Crippen molar-refractivity contribution >= 4 is 29.3 Å². The second-order valence-corrected chi connectivity index (χ2v) is 4.16. The summed E-state index contributed by atoms with van der Waals surface area (Å²) in [4.78, 5) is 21.1. The molecular weight excluding hydrogens is 282 g/mol. The van der Waals surface area contributed by atoms with Crippen LogP contribution in [-0.2, 0) is 9.53 Å². The number of hydrogen-bond acceptors (Lipinski definition) is 7. The molecule has 0 radical (unpaired) electrons. The number of nitro groups is 1. The molecule has 1 rings (SSSR count). The van der Waals surface area contributed by atoms with Crippen molar-refractivity contribution in [1.82, 2.24) is 0 Å². The Morgan fingerprint density at radius 2 is 2.15 bits per heavy atom. The highest BCUT2D eigenvalue weighted by atomic mass is 32.2. The Balaban J connectivity index is 2.73. The van der Waals surface area contributed by atoms with Crippen molar-refractivity contribution in [3.63, 3.8) is 0 Å². The number of carbonyl (C=O) groups excluding carboxylic acids is 1. The number of carbonyl (C=O) groups is 1. The molecule has 0 aliphatic carbocycles. The van der Waals surface area contributed by atoms with Crippen molar-refractivity contribution in [2.45, 2.75) is 6.92 Å². The van der Waals surface area contributed by atoms with Crippen LogP contribution in [0.1, 0.15) is 12.5 Å². The van der Waals surface area contributed by atoms with Gasteiger partial charge in [0.25, 0.3) is 5.69 Å². The first-order valence-electron chi connectivity index (χ1n) is 5.59. The van der Waals surface area contributed by atoms with Crippen LogP contribution < -0.4 is 0 Å². The lowest BCUT2D eigenvalue weighted by molar-refractivity contribution is -0.384. The van der Waals surface area contributed by atoms with Gasteiger partial charge in [-0.1, -0.05) is 0 Å². The number of esters is 1. The molecule has 0 unspecified atom stereocenters. The number of nitro benzene ring substituents is 1. The van der Waals surface area contributed by atoms with E-state index in [1.54, 1.807) is 6.92 Å². The molecule has 0 aliphatic rings. The fraction of sp³-hybridized carbons (Fsp3) is 0.250. The van der Waals surface area contributed by atoms with Gasteiger partial charge in [0.15, 0.2) is 5.71 Å². The van der Waals surface area contributed by atoms with Gasteiger partial charge in [0.05, 0.1) is 11.5 Å². The molecule has 7 nitrogen and oxygen atoms in total. The van der Waals surface area contributed by atoms with Crippen molar-refractivity contribution in [3.05, 3.63) is 39.9 Å². The van der Waals surface area contributed by atoms with Gasteiger partial charge in [0.1, 0.15) is 11.8 Å². The van der Waals surface area contributed by atoms with E-state index in [4.69, 9.17) is 10.00 Å². The van der Waals surface area contributed by atoms with Crippen molar-refractivity contribution in [2.24, 2.45) is 4.40 Å². The average Bonchev–Trinajstić information content (AvgIpc) is 2.44. The van der Waals surface area contributed by atoms with Gasteiger partial charge in [-0.05, 0) is 31.0 Å². The minimum Gasteiger partial charge on any atom is -0.465 e. The predicted octanol–water partition coefficient (Wildman–Crippen LogP) is 2.12. The lowest BCUT2D eigenvalue weighted by atomic mass is 10.1. The summed E-state index contributed by atoms with van der Waals surface area (Å²) in [5, 5.41) is 19.5. The normalized spacial score (nSPS) is 10.7. The van der Waals surface area contributed by atoms with Crippen LogP contribution in [0.25, 0.3) is 0 Å². The molecule has 20 heavy (non-hydrogen) atoms. The zero-order valence-corrected chi connectivity index (χ0v) is 11.4. The van der Waals surface area contributed by atoms with Crippen LogP contribution in [0, 0.1) is 21.4 Å². The molecule has 0 bridgehead atoms. The molecule has 0 aliphatic heterocycles. The van der Waals surface area contributed by atoms with E-state index in [-0.39, 0.29) is 23.8 Å². The molecule has 8 heteroatoms. The molecule has 1 aromatic carbocycles. The number of hydrogen-bond donors (Lipinski definition) is 0. The first-order valence-corrected chi connectivity index (χ1v) is 6.53. The molecule has 0 amide bonds. The minimum atomic E-state index is -0.525. The quantitative estimate of drug-likeness (QED) is 0.261. The van der Waals surface area contributed by atoms with Crippen LogP contribution in [0.3, 0.4) is 0 Å². The molecule has 104 valence electrons. The molecule has 0 atom stereocenters. The van der Waals surface area contributed by atoms with E-state index in [0.29, 0.717) is 5.56 Å². The lowest BCUT2D eigenvalue weighted by Crippen LogP contribution is -2.06. The van der Waals surface area contributed by atoms with E-state index < -0.39 is 10.9 Å². The van der Waals surface area contributed by atoms with Gasteiger partial charge in [-0.25, -0.2) is 4.40 Å². The third kappa shape index (κ3) is 4.70. The van der Waals surface area contributed by atoms with Crippen molar-refractivity contribution in [2.75, 3.05) is 12.4 Å². The Morgan fingerprint density at radius 1 is 1.50 bits per heavy atom. The zero-order chi connectivity index (χ0) is 15.0. The lowest BCUT2D eigenvalue weighted by Gasteiger charge is -1.99. The molecule has 0 fully saturated rings. The topological polar surface area (TPSA) is 106 Å². The molecule has 0 aromatic heterocycles. The van der Waals surface area contributed by atoms with E-state index in [9.17, 15) is 14.9 Å². The molecule has 0 heterocycles. The highest BCUT2D eigenvalue weighted by Gasteiger charge is 2.08. The molecule has 1 aromatic rings. The number of rotatable bonds is 6. The Morgan fingerprint density at radius 3 is 2.65 bits per heavy atom. The van der Waals surface area contributed by atoms with Gasteiger partial charge in [0.2, 0.25) is 0 Å². The fourth-order valence-corrected chi connectivity index (χ4v) is 1.76. The van der Waals surface area contributed by atoms with Gasteiger partial charge in [-0.15, -0.1) is 0 Å². The van der Waals surface area contributed by atoms with Gasteiger partial charge < -0.3 is 4.74 Å². The highest BCUT2D eigenvalue weighted by Crippen LogP contribution is 2.14. The maximum atomic E-state index is 11.1. The summed E-state index contributed by atoms with van der Waals surface area (Å²) in [5.41, 5.74) is 0.480. The van der Waals surface area contributed by atoms with E-state index in [1.807, 2.05) is 6.07 Å². The van der Waals surface area contributed by atoms with Crippen LogP contribution in [0.2, 0.25) is 0 Å². The number of non-ortho nitro benzene ring substituents is 1. The average molecular weight is 293 g/mol. The van der Waals surface area contributed by atoms with E-state index in [2.05, 4.69) is 4.40 Å². The Labute approximate surface area is 119 Å². The van der Waals surface area contributed by atoms with E-state index >= 15 is 0 Å². The summed E-state index contributed by atoms with van der Waals surface area (Å²) in [7, 11) is 0. The molecule has 0 saturated carbocycles. The summed E-state index contributed by atoms with van der Waals surface area (Å²) < 4.78 is 8.63. The maximum absolute atomic E-state index is 11.1. The number of nitrogens with zero attached hydrogens (tertiary/aromatic N) is 3. The largest absolute Gasteiger partial charge is 0.465 e. The first kappa shape index (κ1) is 15.7. The van der Waals surface area contributed by atoms with E-state index in [1.165, 1.54) is 24.3 Å². The maximum Gasteiger partial charge on any atom is 0.317 e. The van der Waals surface area contributed by atoms with Crippen LogP contribution in [0.5, 0.6) is 0 Å². The van der Waals surface area contributed by atoms with Crippen LogP contribution in [0.15, 0.2) is 28.7 Å². The van der Waals surface area contributed by atoms with Gasteiger partial charge in [-0.3, -0.25) is 14.9 Å². The van der Waals surface area contributed by atoms with Gasteiger partial charge in [-0.2, -0.15) is 5.26 Å². The third-order valence-electron chi connectivity index (χ3n) is 2.10. The summed E-state index contributed by atoms with van der Waals surface area (Å²) >= 11 is 0.896. The fourth-order valence-electron chi connectivity index (χ4n) is 1.23. The molecular formula is C12H11N3O4S. The summed E-state index contributed by atoms with van der Waals surface area (Å²) in [6.45, 7) is 1.99. The number of benzene rings is 1. The summed E-state index contributed by atoms with van der Waals surface area (Å²) in [6, 6.07) is 7.33. The Kier molecular flexibility index (Phi) is 6.19.